The van der Waals surface area contributed by atoms with Crippen molar-refractivity contribution in [3.05, 3.63) is 23.0 Å². The van der Waals surface area contributed by atoms with Gasteiger partial charge in [0.15, 0.2) is 0 Å². The van der Waals surface area contributed by atoms with Crippen molar-refractivity contribution in [2.24, 2.45) is 5.92 Å². The summed E-state index contributed by atoms with van der Waals surface area (Å²) in [6.45, 7) is 2.80. The lowest BCUT2D eigenvalue weighted by molar-refractivity contribution is 0.297. The molecule has 1 aromatic heterocycles. The van der Waals surface area contributed by atoms with Crippen LogP contribution in [0.1, 0.15) is 18.4 Å². The van der Waals surface area contributed by atoms with Gasteiger partial charge in [0.05, 0.1) is 6.61 Å². The highest BCUT2D eigenvalue weighted by Gasteiger charge is 2.22. The molecule has 1 aliphatic rings. The van der Waals surface area contributed by atoms with Gasteiger partial charge >= 0.3 is 0 Å². The maximum Gasteiger partial charge on any atom is 0.132 e. The number of hydrogen-bond acceptors (Lipinski definition) is 2. The molecule has 13 heavy (non-hydrogen) atoms. The van der Waals surface area contributed by atoms with Gasteiger partial charge in [-0.2, -0.15) is 0 Å². The van der Waals surface area contributed by atoms with Gasteiger partial charge in [-0.1, -0.05) is 11.6 Å². The monoisotopic (exact) mass is 197 g/mol. The third kappa shape index (κ3) is 2.34. The molecule has 1 aliphatic carbocycles. The molecule has 0 spiro atoms. The summed E-state index contributed by atoms with van der Waals surface area (Å²) in [4.78, 5) is 3.97. The first-order chi connectivity index (χ1) is 6.25. The molecular weight excluding hydrogens is 186 g/mol. The van der Waals surface area contributed by atoms with E-state index in [1.54, 1.807) is 12.3 Å². The minimum Gasteiger partial charge on any atom is -0.493 e. The molecule has 1 fully saturated rings. The third-order valence-corrected chi connectivity index (χ3v) is 2.40. The van der Waals surface area contributed by atoms with Gasteiger partial charge in [0.1, 0.15) is 10.9 Å². The van der Waals surface area contributed by atoms with Crippen molar-refractivity contribution in [3.63, 3.8) is 0 Å². The Morgan fingerprint density at radius 1 is 1.62 bits per heavy atom. The molecule has 1 heterocycles. The van der Waals surface area contributed by atoms with Crippen LogP contribution in [0.15, 0.2) is 12.3 Å². The highest BCUT2D eigenvalue weighted by molar-refractivity contribution is 6.29. The predicted octanol–water partition coefficient (Wildman–Crippen LogP) is 2.83. The maximum atomic E-state index is 5.76. The standard InChI is InChI=1S/C10H12ClNO/c1-7-5-12-10(11)4-9(7)13-6-8-2-3-8/h4-5,8H,2-3,6H2,1H3. The quantitative estimate of drug-likeness (QED) is 0.696. The molecule has 0 saturated heterocycles. The summed E-state index contributed by atoms with van der Waals surface area (Å²) in [5, 5.41) is 0.497. The smallest absolute Gasteiger partial charge is 0.132 e. The summed E-state index contributed by atoms with van der Waals surface area (Å²) >= 11 is 5.76. The number of nitrogens with zero attached hydrogens (tertiary/aromatic N) is 1. The first kappa shape index (κ1) is 8.82. The lowest BCUT2D eigenvalue weighted by Gasteiger charge is -2.07. The van der Waals surface area contributed by atoms with Crippen molar-refractivity contribution in [2.45, 2.75) is 19.8 Å². The van der Waals surface area contributed by atoms with Gasteiger partial charge in [0, 0.05) is 17.8 Å². The van der Waals surface area contributed by atoms with E-state index in [0.29, 0.717) is 5.15 Å². The molecule has 0 aromatic carbocycles. The SMILES string of the molecule is Cc1cnc(Cl)cc1OCC1CC1. The van der Waals surface area contributed by atoms with E-state index in [4.69, 9.17) is 16.3 Å². The first-order valence-corrected chi connectivity index (χ1v) is 4.88. The van der Waals surface area contributed by atoms with Crippen LogP contribution in [0.25, 0.3) is 0 Å². The highest BCUT2D eigenvalue weighted by Crippen LogP contribution is 2.30. The van der Waals surface area contributed by atoms with Gasteiger partial charge in [-0.3, -0.25) is 0 Å². The highest BCUT2D eigenvalue weighted by atomic mass is 35.5. The average Bonchev–Trinajstić information content (AvgIpc) is 2.90. The van der Waals surface area contributed by atoms with Crippen molar-refractivity contribution in [2.75, 3.05) is 6.61 Å². The number of rotatable bonds is 3. The van der Waals surface area contributed by atoms with Crippen molar-refractivity contribution < 1.29 is 4.74 Å². The van der Waals surface area contributed by atoms with Crippen LogP contribution in [0.2, 0.25) is 5.15 Å². The predicted molar refractivity (Wildman–Crippen MR) is 52.2 cm³/mol. The van der Waals surface area contributed by atoms with Crippen LogP contribution < -0.4 is 4.74 Å². The lowest BCUT2D eigenvalue weighted by atomic mass is 10.3. The van der Waals surface area contributed by atoms with E-state index in [1.807, 2.05) is 6.92 Å². The number of aryl methyl sites for hydroxylation is 1. The van der Waals surface area contributed by atoms with Crippen LogP contribution in [-0.2, 0) is 0 Å². The molecule has 0 aliphatic heterocycles. The zero-order valence-electron chi connectivity index (χ0n) is 7.59. The van der Waals surface area contributed by atoms with Crippen LogP contribution in [-0.4, -0.2) is 11.6 Å². The Hall–Kier alpha value is -0.760. The lowest BCUT2D eigenvalue weighted by Crippen LogP contribution is -2.00. The zero-order chi connectivity index (χ0) is 9.26. The Kier molecular flexibility index (Phi) is 2.40. The molecule has 2 nitrogen and oxygen atoms in total. The summed E-state index contributed by atoms with van der Waals surface area (Å²) in [5.74, 6) is 1.64. The van der Waals surface area contributed by atoms with Crippen molar-refractivity contribution in [3.8, 4) is 5.75 Å². The fourth-order valence-corrected chi connectivity index (χ4v) is 1.28. The second kappa shape index (κ2) is 3.54. The Morgan fingerprint density at radius 2 is 2.38 bits per heavy atom. The van der Waals surface area contributed by atoms with E-state index in [9.17, 15) is 0 Å². The average molecular weight is 198 g/mol. The molecule has 0 N–H and O–H groups in total. The van der Waals surface area contributed by atoms with Crippen LogP contribution in [0.4, 0.5) is 0 Å². The molecule has 70 valence electrons. The second-order valence-corrected chi connectivity index (χ2v) is 3.91. The number of halogens is 1. The summed E-state index contributed by atoms with van der Waals surface area (Å²) in [6, 6.07) is 1.78. The van der Waals surface area contributed by atoms with Gasteiger partial charge in [-0.25, -0.2) is 4.98 Å². The second-order valence-electron chi connectivity index (χ2n) is 3.53. The van der Waals surface area contributed by atoms with Crippen molar-refractivity contribution in [1.29, 1.82) is 0 Å². The summed E-state index contributed by atoms with van der Waals surface area (Å²) in [6.07, 6.45) is 4.35. The normalized spacial score (nSPS) is 15.8. The van der Waals surface area contributed by atoms with Crippen molar-refractivity contribution in [1.82, 2.24) is 4.98 Å². The molecule has 0 bridgehead atoms. The Balaban J connectivity index is 2.03. The van der Waals surface area contributed by atoms with E-state index in [0.717, 1.165) is 23.8 Å². The number of pyridine rings is 1. The van der Waals surface area contributed by atoms with Gasteiger partial charge < -0.3 is 4.74 Å². The Labute approximate surface area is 82.9 Å². The van der Waals surface area contributed by atoms with E-state index in [1.165, 1.54) is 12.8 Å². The topological polar surface area (TPSA) is 22.1 Å². The van der Waals surface area contributed by atoms with Crippen LogP contribution in [0, 0.1) is 12.8 Å². The molecule has 1 aromatic rings. The largest absolute Gasteiger partial charge is 0.493 e. The number of aromatic nitrogens is 1. The van der Waals surface area contributed by atoms with Crippen molar-refractivity contribution >= 4 is 11.6 Å². The number of ether oxygens (including phenoxy) is 1. The van der Waals surface area contributed by atoms with Crippen LogP contribution >= 0.6 is 11.6 Å². The van der Waals surface area contributed by atoms with Gasteiger partial charge in [0.25, 0.3) is 0 Å². The molecule has 0 radical (unpaired) electrons. The summed E-state index contributed by atoms with van der Waals surface area (Å²) in [5.41, 5.74) is 1.05. The molecule has 0 unspecified atom stereocenters. The zero-order valence-corrected chi connectivity index (χ0v) is 8.34. The molecular formula is C10H12ClNO. The molecule has 1 saturated carbocycles. The molecule has 3 heteroatoms. The Bertz CT molecular complexity index is 310. The number of hydrogen-bond donors (Lipinski definition) is 0. The van der Waals surface area contributed by atoms with Gasteiger partial charge in [-0.15, -0.1) is 0 Å². The third-order valence-electron chi connectivity index (χ3n) is 2.19. The van der Waals surface area contributed by atoms with Crippen LogP contribution in [0.5, 0.6) is 5.75 Å². The molecule has 0 amide bonds. The summed E-state index contributed by atoms with van der Waals surface area (Å²) < 4.78 is 5.62. The van der Waals surface area contributed by atoms with Crippen LogP contribution in [0.3, 0.4) is 0 Å². The fraction of sp³-hybridized carbons (Fsp3) is 0.500. The van der Waals surface area contributed by atoms with Gasteiger partial charge in [0.2, 0.25) is 0 Å². The van der Waals surface area contributed by atoms with E-state index in [-0.39, 0.29) is 0 Å². The molecule has 2 rings (SSSR count). The maximum absolute atomic E-state index is 5.76. The summed E-state index contributed by atoms with van der Waals surface area (Å²) in [7, 11) is 0. The van der Waals surface area contributed by atoms with E-state index in [2.05, 4.69) is 4.98 Å². The minimum atomic E-state index is 0.497. The van der Waals surface area contributed by atoms with E-state index < -0.39 is 0 Å². The van der Waals surface area contributed by atoms with E-state index >= 15 is 0 Å². The fourth-order valence-electron chi connectivity index (χ4n) is 1.13. The Morgan fingerprint density at radius 3 is 3.08 bits per heavy atom. The first-order valence-electron chi connectivity index (χ1n) is 4.50. The van der Waals surface area contributed by atoms with Gasteiger partial charge in [-0.05, 0) is 25.7 Å². The molecule has 0 atom stereocenters. The minimum absolute atomic E-state index is 0.497.